The van der Waals surface area contributed by atoms with Crippen molar-refractivity contribution in [1.29, 1.82) is 0 Å². The van der Waals surface area contributed by atoms with Gasteiger partial charge < -0.3 is 5.11 Å². The Morgan fingerprint density at radius 1 is 1.12 bits per heavy atom. The molecule has 3 rings (SSSR count). The maximum Gasteiger partial charge on any atom is 0.289 e. The van der Waals surface area contributed by atoms with E-state index < -0.39 is 5.91 Å². The van der Waals surface area contributed by atoms with Crippen LogP contribution in [0.1, 0.15) is 23.0 Å². The number of nitrogens with zero attached hydrogens (tertiary/aromatic N) is 2. The molecule has 0 saturated heterocycles. The molecular formula is C18H16N4O2. The highest BCUT2D eigenvalue weighted by Crippen LogP contribution is 2.17. The van der Waals surface area contributed by atoms with Crippen LogP contribution < -0.4 is 5.43 Å². The lowest BCUT2D eigenvalue weighted by molar-refractivity contribution is 0.0950. The second-order valence-electron chi connectivity index (χ2n) is 5.19. The summed E-state index contributed by atoms with van der Waals surface area (Å²) in [7, 11) is 0. The van der Waals surface area contributed by atoms with E-state index in [-0.39, 0.29) is 5.75 Å². The summed E-state index contributed by atoms with van der Waals surface area (Å²) < 4.78 is 0. The molecule has 1 amide bonds. The predicted octanol–water partition coefficient (Wildman–Crippen LogP) is 2.94. The third kappa shape index (κ3) is 3.33. The Kier molecular flexibility index (Phi) is 4.38. The average Bonchev–Trinajstić information content (AvgIpc) is 3.11. The van der Waals surface area contributed by atoms with Gasteiger partial charge in [-0.1, -0.05) is 42.5 Å². The maximum atomic E-state index is 12.2. The fourth-order valence-corrected chi connectivity index (χ4v) is 2.23. The van der Waals surface area contributed by atoms with Gasteiger partial charge in [0.25, 0.3) is 5.91 Å². The van der Waals surface area contributed by atoms with E-state index in [1.54, 1.807) is 37.3 Å². The van der Waals surface area contributed by atoms with Crippen LogP contribution in [0.5, 0.6) is 5.75 Å². The topological polar surface area (TPSA) is 90.4 Å². The van der Waals surface area contributed by atoms with Gasteiger partial charge in [0.15, 0.2) is 0 Å². The number of carbonyl (C=O) groups excluding carboxylic acids is 1. The van der Waals surface area contributed by atoms with Gasteiger partial charge in [0.05, 0.1) is 11.4 Å². The van der Waals surface area contributed by atoms with Crippen molar-refractivity contribution >= 4 is 11.6 Å². The van der Waals surface area contributed by atoms with Gasteiger partial charge in [0.1, 0.15) is 11.4 Å². The normalized spacial score (nSPS) is 11.3. The molecule has 0 fully saturated rings. The van der Waals surface area contributed by atoms with Crippen molar-refractivity contribution in [3.63, 3.8) is 0 Å². The number of hydrogen-bond acceptors (Lipinski definition) is 4. The number of nitrogens with one attached hydrogen (secondary N) is 2. The van der Waals surface area contributed by atoms with Crippen LogP contribution in [0.25, 0.3) is 11.3 Å². The van der Waals surface area contributed by atoms with Crippen LogP contribution in [-0.2, 0) is 0 Å². The van der Waals surface area contributed by atoms with Crippen LogP contribution in [0.4, 0.5) is 0 Å². The Hall–Kier alpha value is -3.41. The fraction of sp³-hybridized carbons (Fsp3) is 0.0556. The Labute approximate surface area is 138 Å². The number of aromatic nitrogens is 2. The molecule has 0 atom stereocenters. The van der Waals surface area contributed by atoms with E-state index in [9.17, 15) is 9.90 Å². The standard InChI is InChI=1S/C18H16N4O2/c1-12(14-9-5-6-10-17(14)23)19-22-18(24)16-11-15(20-21-16)13-7-3-2-4-8-13/h2-11,23H,1H3,(H,20,21)(H,22,24). The summed E-state index contributed by atoms with van der Waals surface area (Å²) in [6, 6.07) is 18.0. The van der Waals surface area contributed by atoms with Crippen molar-refractivity contribution in [2.75, 3.05) is 0 Å². The minimum absolute atomic E-state index is 0.112. The molecule has 0 saturated carbocycles. The minimum atomic E-state index is -0.403. The van der Waals surface area contributed by atoms with Crippen LogP contribution in [0.3, 0.4) is 0 Å². The Morgan fingerprint density at radius 3 is 2.58 bits per heavy atom. The zero-order valence-corrected chi connectivity index (χ0v) is 13.0. The molecule has 1 heterocycles. The number of hydrazone groups is 1. The Balaban J connectivity index is 1.73. The number of amides is 1. The SMILES string of the molecule is CC(=NNC(=O)c1cc(-c2ccccc2)n[nH]1)c1ccccc1O. The number of rotatable bonds is 4. The number of phenols is 1. The predicted molar refractivity (Wildman–Crippen MR) is 91.8 cm³/mol. The Bertz CT molecular complexity index is 885. The van der Waals surface area contributed by atoms with E-state index in [2.05, 4.69) is 20.7 Å². The molecule has 3 aromatic rings. The van der Waals surface area contributed by atoms with Gasteiger partial charge in [-0.2, -0.15) is 10.2 Å². The van der Waals surface area contributed by atoms with Crippen LogP contribution in [0, 0.1) is 0 Å². The summed E-state index contributed by atoms with van der Waals surface area (Å²) in [6.07, 6.45) is 0. The van der Waals surface area contributed by atoms with Crippen molar-refractivity contribution in [3.8, 4) is 17.0 Å². The second-order valence-corrected chi connectivity index (χ2v) is 5.19. The molecule has 24 heavy (non-hydrogen) atoms. The van der Waals surface area contributed by atoms with Gasteiger partial charge in [-0.3, -0.25) is 9.89 Å². The molecule has 0 aliphatic rings. The first kappa shape index (κ1) is 15.5. The number of benzene rings is 2. The van der Waals surface area contributed by atoms with Gasteiger partial charge in [-0.05, 0) is 25.1 Å². The summed E-state index contributed by atoms with van der Waals surface area (Å²) in [5, 5.41) is 20.6. The van der Waals surface area contributed by atoms with E-state index >= 15 is 0 Å². The fourth-order valence-electron chi connectivity index (χ4n) is 2.23. The van der Waals surface area contributed by atoms with Gasteiger partial charge in [-0.25, -0.2) is 5.43 Å². The molecule has 0 aliphatic carbocycles. The lowest BCUT2D eigenvalue weighted by Crippen LogP contribution is -2.19. The number of aromatic amines is 1. The first-order valence-corrected chi connectivity index (χ1v) is 7.39. The van der Waals surface area contributed by atoms with Gasteiger partial charge >= 0.3 is 0 Å². The van der Waals surface area contributed by atoms with E-state index in [1.807, 2.05) is 30.3 Å². The third-order valence-corrected chi connectivity index (χ3v) is 3.51. The second kappa shape index (κ2) is 6.78. The van der Waals surface area contributed by atoms with Crippen molar-refractivity contribution in [2.24, 2.45) is 5.10 Å². The van der Waals surface area contributed by atoms with Crippen molar-refractivity contribution in [2.45, 2.75) is 6.92 Å². The number of phenolic OH excluding ortho intramolecular Hbond substituents is 1. The number of carbonyl (C=O) groups is 1. The molecule has 3 N–H and O–H groups in total. The molecule has 120 valence electrons. The molecule has 2 aromatic carbocycles. The van der Waals surface area contributed by atoms with Crippen molar-refractivity contribution in [1.82, 2.24) is 15.6 Å². The molecule has 1 aromatic heterocycles. The van der Waals surface area contributed by atoms with E-state index in [0.29, 0.717) is 22.7 Å². The quantitative estimate of drug-likeness (QED) is 0.510. The smallest absolute Gasteiger partial charge is 0.289 e. The van der Waals surface area contributed by atoms with Crippen molar-refractivity contribution in [3.05, 3.63) is 71.9 Å². The van der Waals surface area contributed by atoms with Gasteiger partial charge in [0.2, 0.25) is 0 Å². The first-order valence-electron chi connectivity index (χ1n) is 7.39. The first-order chi connectivity index (χ1) is 11.6. The number of para-hydroxylation sites is 1. The number of aromatic hydroxyl groups is 1. The highest BCUT2D eigenvalue weighted by atomic mass is 16.3. The van der Waals surface area contributed by atoms with Crippen LogP contribution >= 0.6 is 0 Å². The number of hydrogen-bond donors (Lipinski definition) is 3. The molecule has 6 nitrogen and oxygen atoms in total. The molecule has 0 unspecified atom stereocenters. The monoisotopic (exact) mass is 320 g/mol. The summed E-state index contributed by atoms with van der Waals surface area (Å²) in [5.74, 6) is -0.291. The molecule has 0 radical (unpaired) electrons. The van der Waals surface area contributed by atoms with Gasteiger partial charge in [0, 0.05) is 11.1 Å². The van der Waals surface area contributed by atoms with Crippen LogP contribution in [0.2, 0.25) is 0 Å². The molecule has 0 spiro atoms. The molecular weight excluding hydrogens is 304 g/mol. The van der Waals surface area contributed by atoms with Crippen LogP contribution in [-0.4, -0.2) is 26.9 Å². The summed E-state index contributed by atoms with van der Waals surface area (Å²) in [5.41, 5.74) is 5.43. The molecule has 6 heteroatoms. The zero-order chi connectivity index (χ0) is 16.9. The minimum Gasteiger partial charge on any atom is -0.507 e. The van der Waals surface area contributed by atoms with E-state index in [1.165, 1.54) is 0 Å². The summed E-state index contributed by atoms with van der Waals surface area (Å²) >= 11 is 0. The largest absolute Gasteiger partial charge is 0.507 e. The van der Waals surface area contributed by atoms with Crippen molar-refractivity contribution < 1.29 is 9.90 Å². The zero-order valence-electron chi connectivity index (χ0n) is 13.0. The van der Waals surface area contributed by atoms with Crippen LogP contribution in [0.15, 0.2) is 65.8 Å². The molecule has 0 aliphatic heterocycles. The third-order valence-electron chi connectivity index (χ3n) is 3.51. The van der Waals surface area contributed by atoms with E-state index in [4.69, 9.17) is 0 Å². The summed E-state index contributed by atoms with van der Waals surface area (Å²) in [4.78, 5) is 12.2. The average molecular weight is 320 g/mol. The summed E-state index contributed by atoms with van der Waals surface area (Å²) in [6.45, 7) is 1.71. The lowest BCUT2D eigenvalue weighted by Gasteiger charge is -2.03. The maximum absolute atomic E-state index is 12.2. The van der Waals surface area contributed by atoms with Gasteiger partial charge in [-0.15, -0.1) is 0 Å². The highest BCUT2D eigenvalue weighted by molar-refractivity contribution is 6.02. The van der Waals surface area contributed by atoms with E-state index in [0.717, 1.165) is 5.56 Å². The molecule has 0 bridgehead atoms. The lowest BCUT2D eigenvalue weighted by atomic mass is 10.1. The Morgan fingerprint density at radius 2 is 1.83 bits per heavy atom. The number of H-pyrrole nitrogens is 1. The highest BCUT2D eigenvalue weighted by Gasteiger charge is 2.11.